The standard InChI is InChI=1S/C60H40N2O/c1-4-16-39(17-5-1)58-59-53-37-41(40-28-34-50-48-24-11-10-22-46(48)47-23-12-13-25-49(47)52(50)36-40)29-35-54(53)62(55(59)38-57-60(58)51-26-14-15-27-56(51)63-57)45-32-30-44(31-33-45)61(42-18-6-2-7-19-42)43-20-8-3-9-21-43/h1-35,37-38,52H,36H2. The van der Waals surface area contributed by atoms with Crippen LogP contribution in [0.4, 0.5) is 17.1 Å². The highest BCUT2D eigenvalue weighted by Gasteiger charge is 2.31. The van der Waals surface area contributed by atoms with Gasteiger partial charge in [-0.3, -0.25) is 0 Å². The Labute approximate surface area is 365 Å². The van der Waals surface area contributed by atoms with E-state index in [-0.39, 0.29) is 5.92 Å². The topological polar surface area (TPSA) is 21.3 Å². The van der Waals surface area contributed by atoms with Gasteiger partial charge in [-0.25, -0.2) is 0 Å². The Morgan fingerprint density at radius 1 is 0.444 bits per heavy atom. The largest absolute Gasteiger partial charge is 0.456 e. The van der Waals surface area contributed by atoms with Gasteiger partial charge in [0.1, 0.15) is 11.2 Å². The van der Waals surface area contributed by atoms with E-state index in [0.29, 0.717) is 0 Å². The van der Waals surface area contributed by atoms with Crippen LogP contribution in [0.15, 0.2) is 229 Å². The van der Waals surface area contributed by atoms with Crippen LogP contribution in [0.25, 0.3) is 82.8 Å². The molecule has 11 aromatic rings. The van der Waals surface area contributed by atoms with Crippen LogP contribution in [0.3, 0.4) is 0 Å². The minimum absolute atomic E-state index is 0.287. The number of nitrogens with zero attached hydrogens (tertiary/aromatic N) is 2. The van der Waals surface area contributed by atoms with Crippen molar-refractivity contribution in [1.29, 1.82) is 0 Å². The average molecular weight is 805 g/mol. The summed E-state index contributed by atoms with van der Waals surface area (Å²) >= 11 is 0. The summed E-state index contributed by atoms with van der Waals surface area (Å²) in [5.74, 6) is 0.287. The van der Waals surface area contributed by atoms with Crippen molar-refractivity contribution < 1.29 is 4.42 Å². The van der Waals surface area contributed by atoms with E-state index in [0.717, 1.165) is 62.1 Å². The molecule has 0 radical (unpaired) electrons. The summed E-state index contributed by atoms with van der Waals surface area (Å²) in [6.45, 7) is 0. The number of fused-ring (bicyclic) bond motifs is 12. The minimum Gasteiger partial charge on any atom is -0.456 e. The van der Waals surface area contributed by atoms with Gasteiger partial charge in [0.2, 0.25) is 0 Å². The predicted octanol–water partition coefficient (Wildman–Crippen LogP) is 16.5. The maximum Gasteiger partial charge on any atom is 0.138 e. The molecule has 2 aromatic heterocycles. The first kappa shape index (κ1) is 35.6. The van der Waals surface area contributed by atoms with Crippen LogP contribution >= 0.6 is 0 Å². The Bertz CT molecular complexity index is 3590. The second-order valence-corrected chi connectivity index (χ2v) is 16.8. The maximum atomic E-state index is 6.75. The first-order chi connectivity index (χ1) is 31.3. The molecule has 0 saturated heterocycles. The fourth-order valence-electron chi connectivity index (χ4n) is 10.6. The molecule has 2 aliphatic rings. The van der Waals surface area contributed by atoms with Gasteiger partial charge in [0.25, 0.3) is 0 Å². The molecule has 1 atom stereocenters. The number of aromatic nitrogens is 1. The third-order valence-corrected chi connectivity index (χ3v) is 13.4. The summed E-state index contributed by atoms with van der Waals surface area (Å²) < 4.78 is 9.18. The molecular formula is C60H40N2O. The van der Waals surface area contributed by atoms with Crippen molar-refractivity contribution >= 4 is 72.0 Å². The van der Waals surface area contributed by atoms with Crippen molar-refractivity contribution in [1.82, 2.24) is 4.57 Å². The molecule has 13 rings (SSSR count). The zero-order valence-electron chi connectivity index (χ0n) is 34.4. The number of hydrogen-bond donors (Lipinski definition) is 0. The Balaban J connectivity index is 1.05. The molecule has 3 heteroatoms. The summed E-state index contributed by atoms with van der Waals surface area (Å²) in [7, 11) is 0. The molecule has 0 N–H and O–H groups in total. The third-order valence-electron chi connectivity index (χ3n) is 13.4. The van der Waals surface area contributed by atoms with E-state index >= 15 is 0 Å². The van der Waals surface area contributed by atoms with E-state index < -0.39 is 0 Å². The van der Waals surface area contributed by atoms with Crippen molar-refractivity contribution in [3.8, 4) is 27.9 Å². The molecule has 296 valence electrons. The molecule has 0 saturated carbocycles. The highest BCUT2D eigenvalue weighted by atomic mass is 16.3. The quantitative estimate of drug-likeness (QED) is 0.167. The number of furan rings is 1. The normalized spacial score (nSPS) is 14.3. The fourth-order valence-corrected chi connectivity index (χ4v) is 10.6. The molecule has 0 spiro atoms. The van der Waals surface area contributed by atoms with Gasteiger partial charge in [0.05, 0.1) is 11.0 Å². The number of para-hydroxylation sites is 3. The molecule has 2 aliphatic carbocycles. The van der Waals surface area contributed by atoms with Crippen LogP contribution < -0.4 is 4.90 Å². The van der Waals surface area contributed by atoms with Gasteiger partial charge < -0.3 is 13.9 Å². The van der Waals surface area contributed by atoms with Gasteiger partial charge in [-0.2, -0.15) is 0 Å². The van der Waals surface area contributed by atoms with Gasteiger partial charge >= 0.3 is 0 Å². The highest BCUT2D eigenvalue weighted by molar-refractivity contribution is 6.27. The Kier molecular flexibility index (Phi) is 8.04. The molecule has 1 unspecified atom stereocenters. The molecule has 0 amide bonds. The fraction of sp³-hybridized carbons (Fsp3) is 0.0333. The highest BCUT2D eigenvalue weighted by Crippen LogP contribution is 2.52. The summed E-state index contributed by atoms with van der Waals surface area (Å²) in [6, 6.07) is 76.9. The SMILES string of the molecule is C1=C(c2ccc3c(c2)c2c(-c4ccccc4)c4c(cc2n3-c2ccc(N(c3ccccc3)c3ccccc3)cc2)oc2ccccc24)CC2C(=C1)c1ccccc1-c1ccccc12. The average Bonchev–Trinajstić information content (AvgIpc) is 3.89. The van der Waals surface area contributed by atoms with Crippen LogP contribution in [0.5, 0.6) is 0 Å². The smallest absolute Gasteiger partial charge is 0.138 e. The monoisotopic (exact) mass is 804 g/mol. The molecule has 2 heterocycles. The predicted molar refractivity (Wildman–Crippen MR) is 263 cm³/mol. The van der Waals surface area contributed by atoms with Crippen molar-refractivity contribution in [2.24, 2.45) is 0 Å². The number of benzene rings is 9. The molecule has 0 bridgehead atoms. The second-order valence-electron chi connectivity index (χ2n) is 16.8. The second kappa shape index (κ2) is 14.2. The van der Waals surface area contributed by atoms with Gasteiger partial charge in [0, 0.05) is 61.8 Å². The van der Waals surface area contributed by atoms with E-state index in [1.807, 2.05) is 0 Å². The number of anilines is 3. The molecule has 0 aliphatic heterocycles. The lowest BCUT2D eigenvalue weighted by molar-refractivity contribution is 0.669. The summed E-state index contributed by atoms with van der Waals surface area (Å²) in [5, 5.41) is 4.71. The van der Waals surface area contributed by atoms with E-state index in [4.69, 9.17) is 4.42 Å². The van der Waals surface area contributed by atoms with Gasteiger partial charge in [0.15, 0.2) is 0 Å². The van der Waals surface area contributed by atoms with E-state index in [2.05, 4.69) is 234 Å². The number of rotatable bonds is 6. The lowest BCUT2D eigenvalue weighted by Gasteiger charge is -2.33. The van der Waals surface area contributed by atoms with Crippen LogP contribution in [0.2, 0.25) is 0 Å². The Hall–Kier alpha value is -8.14. The van der Waals surface area contributed by atoms with E-state index in [9.17, 15) is 0 Å². The molecule has 63 heavy (non-hydrogen) atoms. The molecule has 0 fully saturated rings. The first-order valence-corrected chi connectivity index (χ1v) is 21.9. The molecular weight excluding hydrogens is 765 g/mol. The van der Waals surface area contributed by atoms with E-state index in [1.54, 1.807) is 0 Å². The van der Waals surface area contributed by atoms with Crippen LogP contribution in [0.1, 0.15) is 29.0 Å². The van der Waals surface area contributed by atoms with E-state index in [1.165, 1.54) is 60.9 Å². The Morgan fingerprint density at radius 3 is 1.84 bits per heavy atom. The van der Waals surface area contributed by atoms with Crippen LogP contribution in [-0.4, -0.2) is 4.57 Å². The minimum atomic E-state index is 0.287. The summed E-state index contributed by atoms with van der Waals surface area (Å²) in [4.78, 5) is 2.31. The Morgan fingerprint density at radius 2 is 1.08 bits per heavy atom. The van der Waals surface area contributed by atoms with Gasteiger partial charge in [-0.05, 0) is 118 Å². The van der Waals surface area contributed by atoms with Gasteiger partial charge in [-0.15, -0.1) is 0 Å². The van der Waals surface area contributed by atoms with Crippen molar-refractivity contribution in [3.63, 3.8) is 0 Å². The lowest BCUT2D eigenvalue weighted by atomic mass is 9.70. The zero-order valence-corrected chi connectivity index (χ0v) is 34.4. The number of hydrogen-bond acceptors (Lipinski definition) is 2. The maximum absolute atomic E-state index is 6.75. The summed E-state index contributed by atoms with van der Waals surface area (Å²) in [6.07, 6.45) is 5.70. The third kappa shape index (κ3) is 5.60. The van der Waals surface area contributed by atoms with Crippen molar-refractivity contribution in [2.75, 3.05) is 4.90 Å². The zero-order chi connectivity index (χ0) is 41.4. The number of allylic oxidation sites excluding steroid dienone is 4. The van der Waals surface area contributed by atoms with Crippen molar-refractivity contribution in [2.45, 2.75) is 12.3 Å². The molecule has 3 nitrogen and oxygen atoms in total. The van der Waals surface area contributed by atoms with Crippen LogP contribution in [-0.2, 0) is 0 Å². The lowest BCUT2D eigenvalue weighted by Crippen LogP contribution is -2.13. The first-order valence-electron chi connectivity index (χ1n) is 21.9. The van der Waals surface area contributed by atoms with Crippen molar-refractivity contribution in [3.05, 3.63) is 241 Å². The molecule has 9 aromatic carbocycles. The van der Waals surface area contributed by atoms with Crippen LogP contribution in [0, 0.1) is 0 Å². The van der Waals surface area contributed by atoms with Gasteiger partial charge in [-0.1, -0.05) is 152 Å². The summed E-state index contributed by atoms with van der Waals surface area (Å²) in [5.41, 5.74) is 20.3.